The molecule has 1 saturated heterocycles. The number of hydrogen-bond donors (Lipinski definition) is 1. The van der Waals surface area contributed by atoms with Gasteiger partial charge in [-0.2, -0.15) is 0 Å². The van der Waals surface area contributed by atoms with Crippen molar-refractivity contribution in [2.45, 2.75) is 19.4 Å². The zero-order chi connectivity index (χ0) is 12.9. The lowest BCUT2D eigenvalue weighted by atomic mass is 10.3. The van der Waals surface area contributed by atoms with E-state index in [1.807, 2.05) is 12.4 Å². The lowest BCUT2D eigenvalue weighted by molar-refractivity contribution is 0.335. The molecule has 0 radical (unpaired) electrons. The highest BCUT2D eigenvalue weighted by Crippen LogP contribution is 2.11. The lowest BCUT2D eigenvalue weighted by Crippen LogP contribution is -2.31. The predicted molar refractivity (Wildman–Crippen MR) is 78.3 cm³/mol. The second kappa shape index (κ2) is 6.17. The van der Waals surface area contributed by atoms with E-state index in [1.54, 1.807) is 0 Å². The van der Waals surface area contributed by atoms with Crippen molar-refractivity contribution in [3.05, 3.63) is 30.6 Å². The monoisotopic (exact) mass is 258 g/mol. The molecular formula is C15H22N4. The number of hydrogen-bond acceptors (Lipinski definition) is 3. The average molecular weight is 258 g/mol. The van der Waals surface area contributed by atoms with Crippen LogP contribution in [0.15, 0.2) is 30.6 Å². The Labute approximate surface area is 114 Å². The van der Waals surface area contributed by atoms with Gasteiger partial charge in [-0.25, -0.2) is 4.98 Å². The molecule has 0 unspecified atom stereocenters. The van der Waals surface area contributed by atoms with Gasteiger partial charge >= 0.3 is 0 Å². The summed E-state index contributed by atoms with van der Waals surface area (Å²) < 4.78 is 2.22. The van der Waals surface area contributed by atoms with Gasteiger partial charge in [-0.3, -0.25) is 0 Å². The molecule has 0 atom stereocenters. The van der Waals surface area contributed by atoms with Gasteiger partial charge in [0.1, 0.15) is 0 Å². The van der Waals surface area contributed by atoms with E-state index in [4.69, 9.17) is 0 Å². The standard InChI is InChI=1S/C15H22N4/c1-2-6-15-14(5-1)17-13-19(15)12-8-16-7-11-18-9-3-4-10-18/h1-2,5-6,13,16H,3-4,7-12H2. The summed E-state index contributed by atoms with van der Waals surface area (Å²) in [4.78, 5) is 6.95. The minimum atomic E-state index is 0.987. The molecule has 1 aromatic carbocycles. The van der Waals surface area contributed by atoms with E-state index in [-0.39, 0.29) is 0 Å². The Morgan fingerprint density at radius 2 is 1.84 bits per heavy atom. The van der Waals surface area contributed by atoms with Crippen LogP contribution in [0.2, 0.25) is 0 Å². The molecule has 3 rings (SSSR count). The Morgan fingerprint density at radius 3 is 2.74 bits per heavy atom. The minimum Gasteiger partial charge on any atom is -0.329 e. The SMILES string of the molecule is c1ccc2c(c1)ncn2CCNCCN1CCCC1. The van der Waals surface area contributed by atoms with E-state index in [9.17, 15) is 0 Å². The Balaban J connectivity index is 1.42. The summed E-state index contributed by atoms with van der Waals surface area (Å²) in [6, 6.07) is 8.30. The molecule has 1 fully saturated rings. The second-order valence-electron chi connectivity index (χ2n) is 5.23. The fourth-order valence-electron chi connectivity index (χ4n) is 2.76. The van der Waals surface area contributed by atoms with Crippen LogP contribution < -0.4 is 5.32 Å². The molecule has 19 heavy (non-hydrogen) atoms. The molecule has 2 aromatic rings. The van der Waals surface area contributed by atoms with Crippen molar-refractivity contribution < 1.29 is 0 Å². The molecule has 0 aliphatic carbocycles. The zero-order valence-corrected chi connectivity index (χ0v) is 11.4. The molecule has 1 N–H and O–H groups in total. The molecular weight excluding hydrogens is 236 g/mol. The molecule has 0 saturated carbocycles. The fourth-order valence-corrected chi connectivity index (χ4v) is 2.76. The number of nitrogens with one attached hydrogen (secondary N) is 1. The highest BCUT2D eigenvalue weighted by molar-refractivity contribution is 5.74. The smallest absolute Gasteiger partial charge is 0.0958 e. The minimum absolute atomic E-state index is 0.987. The third kappa shape index (κ3) is 3.14. The van der Waals surface area contributed by atoms with Gasteiger partial charge in [-0.05, 0) is 38.1 Å². The topological polar surface area (TPSA) is 33.1 Å². The largest absolute Gasteiger partial charge is 0.329 e. The molecule has 1 aliphatic rings. The second-order valence-corrected chi connectivity index (χ2v) is 5.23. The van der Waals surface area contributed by atoms with Gasteiger partial charge in [-0.15, -0.1) is 0 Å². The van der Waals surface area contributed by atoms with Gasteiger partial charge in [0.25, 0.3) is 0 Å². The fraction of sp³-hybridized carbons (Fsp3) is 0.533. The van der Waals surface area contributed by atoms with E-state index in [2.05, 4.69) is 38.0 Å². The summed E-state index contributed by atoms with van der Waals surface area (Å²) in [5.74, 6) is 0. The van der Waals surface area contributed by atoms with E-state index >= 15 is 0 Å². The van der Waals surface area contributed by atoms with Crippen molar-refractivity contribution >= 4 is 11.0 Å². The van der Waals surface area contributed by atoms with Crippen molar-refractivity contribution in [3.8, 4) is 0 Å². The van der Waals surface area contributed by atoms with Gasteiger partial charge in [0.05, 0.1) is 17.4 Å². The van der Waals surface area contributed by atoms with Crippen LogP contribution in [0.1, 0.15) is 12.8 Å². The summed E-state index contributed by atoms with van der Waals surface area (Å²) in [7, 11) is 0. The van der Waals surface area contributed by atoms with Crippen molar-refractivity contribution in [3.63, 3.8) is 0 Å². The highest BCUT2D eigenvalue weighted by atomic mass is 15.2. The van der Waals surface area contributed by atoms with Crippen LogP contribution in [-0.2, 0) is 6.54 Å². The third-order valence-electron chi connectivity index (χ3n) is 3.86. The van der Waals surface area contributed by atoms with Crippen LogP contribution in [0.25, 0.3) is 11.0 Å². The van der Waals surface area contributed by atoms with Gasteiger partial charge in [0.2, 0.25) is 0 Å². The quantitative estimate of drug-likeness (QED) is 0.801. The molecule has 2 heterocycles. The molecule has 0 amide bonds. The Hall–Kier alpha value is -1.39. The van der Waals surface area contributed by atoms with Crippen LogP contribution in [0.5, 0.6) is 0 Å². The highest BCUT2D eigenvalue weighted by Gasteiger charge is 2.09. The van der Waals surface area contributed by atoms with E-state index in [1.165, 1.54) is 38.0 Å². The van der Waals surface area contributed by atoms with Crippen LogP contribution in [0, 0.1) is 0 Å². The van der Waals surface area contributed by atoms with Crippen molar-refractivity contribution in [2.24, 2.45) is 0 Å². The summed E-state index contributed by atoms with van der Waals surface area (Å²) in [5.41, 5.74) is 2.31. The van der Waals surface area contributed by atoms with Crippen molar-refractivity contribution in [1.29, 1.82) is 0 Å². The van der Waals surface area contributed by atoms with E-state index < -0.39 is 0 Å². The van der Waals surface area contributed by atoms with Crippen LogP contribution in [0.4, 0.5) is 0 Å². The zero-order valence-electron chi connectivity index (χ0n) is 11.4. The van der Waals surface area contributed by atoms with Crippen LogP contribution in [0.3, 0.4) is 0 Å². The number of rotatable bonds is 6. The Bertz CT molecular complexity index is 514. The number of benzene rings is 1. The maximum atomic E-state index is 4.41. The van der Waals surface area contributed by atoms with Crippen LogP contribution in [-0.4, -0.2) is 47.2 Å². The lowest BCUT2D eigenvalue weighted by Gasteiger charge is -2.14. The van der Waals surface area contributed by atoms with Crippen LogP contribution >= 0.6 is 0 Å². The molecule has 4 nitrogen and oxygen atoms in total. The number of nitrogens with zero attached hydrogens (tertiary/aromatic N) is 3. The van der Waals surface area contributed by atoms with Crippen molar-refractivity contribution in [1.82, 2.24) is 19.8 Å². The number of likely N-dealkylation sites (tertiary alicyclic amines) is 1. The molecule has 0 bridgehead atoms. The molecule has 0 spiro atoms. The first kappa shape index (κ1) is 12.6. The first-order chi connectivity index (χ1) is 9.43. The first-order valence-electron chi connectivity index (χ1n) is 7.26. The number of imidazole rings is 1. The first-order valence-corrected chi connectivity index (χ1v) is 7.26. The van der Waals surface area contributed by atoms with Gasteiger partial charge in [-0.1, -0.05) is 12.1 Å². The van der Waals surface area contributed by atoms with Gasteiger partial charge < -0.3 is 14.8 Å². The van der Waals surface area contributed by atoms with Gasteiger partial charge in [0.15, 0.2) is 0 Å². The molecule has 102 valence electrons. The molecule has 1 aromatic heterocycles. The summed E-state index contributed by atoms with van der Waals surface area (Å²) >= 11 is 0. The van der Waals surface area contributed by atoms with Gasteiger partial charge in [0, 0.05) is 26.2 Å². The molecule has 4 heteroatoms. The number of aromatic nitrogens is 2. The summed E-state index contributed by atoms with van der Waals surface area (Å²) in [6.45, 7) is 6.84. The summed E-state index contributed by atoms with van der Waals surface area (Å²) in [5, 5.41) is 3.52. The third-order valence-corrected chi connectivity index (χ3v) is 3.86. The summed E-state index contributed by atoms with van der Waals surface area (Å²) in [6.07, 6.45) is 4.69. The van der Waals surface area contributed by atoms with E-state index in [0.29, 0.717) is 0 Å². The molecule has 1 aliphatic heterocycles. The Kier molecular flexibility index (Phi) is 4.10. The van der Waals surface area contributed by atoms with E-state index in [0.717, 1.165) is 25.2 Å². The maximum absolute atomic E-state index is 4.41. The van der Waals surface area contributed by atoms with Crippen molar-refractivity contribution in [2.75, 3.05) is 32.7 Å². The number of fused-ring (bicyclic) bond motifs is 1. The normalized spacial score (nSPS) is 16.4. The average Bonchev–Trinajstić information content (AvgIpc) is 3.08. The predicted octanol–water partition coefficient (Wildman–Crippen LogP) is 1.72. The number of para-hydroxylation sites is 2. The maximum Gasteiger partial charge on any atom is 0.0958 e. The Morgan fingerprint density at radius 1 is 1.05 bits per heavy atom.